The van der Waals surface area contributed by atoms with Gasteiger partial charge in [-0.1, -0.05) is 60.7 Å². The molecule has 2 aromatic carbocycles. The number of hydrogen-bond donors (Lipinski definition) is 1. The average molecular weight is 286 g/mol. The molecule has 2 rings (SSSR count). The summed E-state index contributed by atoms with van der Waals surface area (Å²) in [5, 5.41) is 6.89. The van der Waals surface area contributed by atoms with Crippen LogP contribution in [0, 0.1) is 0 Å². The zero-order valence-corrected chi connectivity index (χ0v) is 11.8. The molecule has 4 nitrogen and oxygen atoms in total. The normalized spacial score (nSPS) is 10.7. The molecule has 0 heterocycles. The third-order valence-corrected chi connectivity index (χ3v) is 2.77. The van der Waals surface area contributed by atoms with Gasteiger partial charge < -0.3 is 9.84 Å². The Kier molecular flexibility index (Phi) is 7.29. The lowest BCUT2D eigenvalue weighted by atomic mass is 10.1. The molecule has 110 valence electrons. The van der Waals surface area contributed by atoms with Crippen LogP contribution in [0.2, 0.25) is 0 Å². The van der Waals surface area contributed by atoms with Crippen LogP contribution in [0.25, 0.3) is 0 Å². The van der Waals surface area contributed by atoms with Crippen molar-refractivity contribution in [2.45, 2.75) is 19.4 Å². The molecule has 2 aromatic rings. The first-order valence-corrected chi connectivity index (χ1v) is 6.53. The highest BCUT2D eigenvalue weighted by Crippen LogP contribution is 2.16. The van der Waals surface area contributed by atoms with Gasteiger partial charge in [-0.05, 0) is 18.1 Å². The number of esters is 1. The Morgan fingerprint density at radius 2 is 1.57 bits per heavy atom. The van der Waals surface area contributed by atoms with Crippen molar-refractivity contribution in [3.05, 3.63) is 71.8 Å². The molecule has 0 aliphatic rings. The quantitative estimate of drug-likeness (QED) is 0.692. The van der Waals surface area contributed by atoms with Crippen LogP contribution in [0.15, 0.2) is 60.7 Å². The van der Waals surface area contributed by atoms with Gasteiger partial charge in [0.1, 0.15) is 6.10 Å². The summed E-state index contributed by atoms with van der Waals surface area (Å²) < 4.78 is 5.40. The SMILES string of the molecule is CC(OC(=O)Cc1ccccc1)c1ccccc1.O=CO. The first-order chi connectivity index (χ1) is 10.2. The van der Waals surface area contributed by atoms with Gasteiger partial charge in [0, 0.05) is 0 Å². The molecule has 4 heteroatoms. The van der Waals surface area contributed by atoms with Crippen molar-refractivity contribution in [3.8, 4) is 0 Å². The van der Waals surface area contributed by atoms with Crippen molar-refractivity contribution in [2.75, 3.05) is 0 Å². The highest BCUT2D eigenvalue weighted by Gasteiger charge is 2.11. The van der Waals surface area contributed by atoms with E-state index in [0.717, 1.165) is 11.1 Å². The summed E-state index contributed by atoms with van der Waals surface area (Å²) in [7, 11) is 0. The average Bonchev–Trinajstić information content (AvgIpc) is 2.50. The molecule has 0 amide bonds. The number of carbonyl (C=O) groups is 2. The van der Waals surface area contributed by atoms with E-state index in [1.165, 1.54) is 0 Å². The van der Waals surface area contributed by atoms with Gasteiger partial charge in [-0.2, -0.15) is 0 Å². The number of rotatable bonds is 4. The van der Waals surface area contributed by atoms with Gasteiger partial charge in [0.25, 0.3) is 6.47 Å². The zero-order valence-electron chi connectivity index (χ0n) is 11.8. The maximum absolute atomic E-state index is 11.8. The third-order valence-electron chi connectivity index (χ3n) is 2.77. The second kappa shape index (κ2) is 9.31. The number of hydrogen-bond acceptors (Lipinski definition) is 3. The summed E-state index contributed by atoms with van der Waals surface area (Å²) in [5.41, 5.74) is 1.99. The lowest BCUT2D eigenvalue weighted by molar-refractivity contribution is -0.147. The van der Waals surface area contributed by atoms with Gasteiger partial charge in [0.05, 0.1) is 6.42 Å². The van der Waals surface area contributed by atoms with E-state index in [0.29, 0.717) is 6.42 Å². The summed E-state index contributed by atoms with van der Waals surface area (Å²) in [5.74, 6) is -0.197. The van der Waals surface area contributed by atoms with E-state index in [1.807, 2.05) is 67.6 Å². The molecule has 0 spiro atoms. The van der Waals surface area contributed by atoms with Gasteiger partial charge in [-0.25, -0.2) is 0 Å². The minimum absolute atomic E-state index is 0.197. The summed E-state index contributed by atoms with van der Waals surface area (Å²) in [6.07, 6.45) is 0.111. The molecule has 0 bridgehead atoms. The molecule has 0 aliphatic heterocycles. The van der Waals surface area contributed by atoms with Crippen LogP contribution in [0.3, 0.4) is 0 Å². The van der Waals surface area contributed by atoms with Crippen LogP contribution >= 0.6 is 0 Å². The van der Waals surface area contributed by atoms with E-state index in [2.05, 4.69) is 0 Å². The van der Waals surface area contributed by atoms with E-state index in [4.69, 9.17) is 14.6 Å². The first kappa shape index (κ1) is 16.4. The van der Waals surface area contributed by atoms with Crippen LogP contribution in [0.5, 0.6) is 0 Å². The van der Waals surface area contributed by atoms with Crippen LogP contribution in [0.4, 0.5) is 0 Å². The lowest BCUT2D eigenvalue weighted by Gasteiger charge is -2.13. The molecule has 1 atom stereocenters. The van der Waals surface area contributed by atoms with E-state index in [-0.39, 0.29) is 18.5 Å². The number of carboxylic acid groups (broad SMARTS) is 1. The largest absolute Gasteiger partial charge is 0.483 e. The van der Waals surface area contributed by atoms with Crippen molar-refractivity contribution >= 4 is 12.4 Å². The van der Waals surface area contributed by atoms with Crippen LogP contribution < -0.4 is 0 Å². The first-order valence-electron chi connectivity index (χ1n) is 6.53. The van der Waals surface area contributed by atoms with Crippen molar-refractivity contribution in [3.63, 3.8) is 0 Å². The highest BCUT2D eigenvalue weighted by molar-refractivity contribution is 5.72. The molecule has 0 radical (unpaired) electrons. The van der Waals surface area contributed by atoms with E-state index < -0.39 is 0 Å². The van der Waals surface area contributed by atoms with E-state index in [9.17, 15) is 4.79 Å². The highest BCUT2D eigenvalue weighted by atomic mass is 16.5. The fraction of sp³-hybridized carbons (Fsp3) is 0.176. The Bertz CT molecular complexity index is 537. The molecule has 21 heavy (non-hydrogen) atoms. The number of carbonyl (C=O) groups excluding carboxylic acids is 1. The Labute approximate surface area is 124 Å². The second-order valence-corrected chi connectivity index (χ2v) is 4.31. The topological polar surface area (TPSA) is 63.6 Å². The Morgan fingerprint density at radius 1 is 1.10 bits per heavy atom. The summed E-state index contributed by atoms with van der Waals surface area (Å²) in [4.78, 5) is 20.1. The third kappa shape index (κ3) is 6.38. The molecular formula is C17H18O4. The molecule has 0 saturated heterocycles. The Hall–Kier alpha value is -2.62. The minimum Gasteiger partial charge on any atom is -0.483 e. The van der Waals surface area contributed by atoms with Crippen molar-refractivity contribution in [2.24, 2.45) is 0 Å². The monoisotopic (exact) mass is 286 g/mol. The maximum Gasteiger partial charge on any atom is 0.310 e. The molecular weight excluding hydrogens is 268 g/mol. The predicted octanol–water partition coefficient (Wildman–Crippen LogP) is 3.23. The van der Waals surface area contributed by atoms with E-state index in [1.54, 1.807) is 0 Å². The molecule has 0 aliphatic carbocycles. The van der Waals surface area contributed by atoms with Crippen molar-refractivity contribution < 1.29 is 19.4 Å². The summed E-state index contributed by atoms with van der Waals surface area (Å²) in [6.45, 7) is 1.64. The molecule has 1 unspecified atom stereocenters. The second-order valence-electron chi connectivity index (χ2n) is 4.31. The standard InChI is InChI=1S/C16H16O2.CH2O2/c1-13(15-10-6-3-7-11-15)18-16(17)12-14-8-4-2-5-9-14;2-1-3/h2-11,13H,12H2,1H3;1H,(H,2,3). The predicted molar refractivity (Wildman–Crippen MR) is 79.8 cm³/mol. The van der Waals surface area contributed by atoms with Gasteiger partial charge in [0.15, 0.2) is 0 Å². The van der Waals surface area contributed by atoms with Crippen LogP contribution in [-0.2, 0) is 20.7 Å². The number of ether oxygens (including phenoxy) is 1. The smallest absolute Gasteiger partial charge is 0.310 e. The Morgan fingerprint density at radius 3 is 2.10 bits per heavy atom. The molecule has 0 saturated carbocycles. The fourth-order valence-corrected chi connectivity index (χ4v) is 1.79. The van der Waals surface area contributed by atoms with Gasteiger partial charge >= 0.3 is 5.97 Å². The lowest BCUT2D eigenvalue weighted by Crippen LogP contribution is -2.11. The fourth-order valence-electron chi connectivity index (χ4n) is 1.79. The van der Waals surface area contributed by atoms with Crippen molar-refractivity contribution in [1.82, 2.24) is 0 Å². The van der Waals surface area contributed by atoms with Gasteiger partial charge in [0.2, 0.25) is 0 Å². The number of benzene rings is 2. The molecule has 0 fully saturated rings. The van der Waals surface area contributed by atoms with Gasteiger partial charge in [-0.15, -0.1) is 0 Å². The van der Waals surface area contributed by atoms with Gasteiger partial charge in [-0.3, -0.25) is 9.59 Å². The minimum atomic E-state index is -0.250. The Balaban J connectivity index is 0.000000677. The zero-order chi connectivity index (χ0) is 15.5. The summed E-state index contributed by atoms with van der Waals surface area (Å²) in [6, 6.07) is 19.4. The summed E-state index contributed by atoms with van der Waals surface area (Å²) >= 11 is 0. The van der Waals surface area contributed by atoms with Crippen molar-refractivity contribution in [1.29, 1.82) is 0 Å². The van der Waals surface area contributed by atoms with E-state index >= 15 is 0 Å². The van der Waals surface area contributed by atoms with Crippen LogP contribution in [-0.4, -0.2) is 17.5 Å². The van der Waals surface area contributed by atoms with Crippen LogP contribution in [0.1, 0.15) is 24.2 Å². The maximum atomic E-state index is 11.8. The molecule has 1 N–H and O–H groups in total. The molecule has 0 aromatic heterocycles.